The Hall–Kier alpha value is -3.83. The van der Waals surface area contributed by atoms with Crippen LogP contribution in [-0.2, 0) is 11.3 Å². The molecule has 5 rings (SSSR count). The predicted octanol–water partition coefficient (Wildman–Crippen LogP) is 4.04. The number of rotatable bonds is 7. The summed E-state index contributed by atoms with van der Waals surface area (Å²) in [6, 6.07) is 3.80. The predicted molar refractivity (Wildman–Crippen MR) is 139 cm³/mol. The number of aryl methyl sites for hydroxylation is 1. The lowest BCUT2D eigenvalue weighted by Crippen LogP contribution is -2.35. The summed E-state index contributed by atoms with van der Waals surface area (Å²) in [7, 11) is 5.39. The highest BCUT2D eigenvalue weighted by molar-refractivity contribution is 6.01. The maximum atomic E-state index is 13.2. The number of halogens is 2. The lowest BCUT2D eigenvalue weighted by Gasteiger charge is -2.29. The molecule has 196 valence electrons. The van der Waals surface area contributed by atoms with Gasteiger partial charge < -0.3 is 25.1 Å². The van der Waals surface area contributed by atoms with Crippen LogP contribution in [0.5, 0.6) is 0 Å². The molecule has 0 aliphatic heterocycles. The minimum atomic E-state index is -2.51. The third-order valence-corrected chi connectivity index (χ3v) is 7.00. The highest BCUT2D eigenvalue weighted by Crippen LogP contribution is 2.34. The van der Waals surface area contributed by atoms with Gasteiger partial charge in [0.25, 0.3) is 6.43 Å². The van der Waals surface area contributed by atoms with Crippen molar-refractivity contribution in [3.05, 3.63) is 24.2 Å². The molecule has 4 aromatic rings. The molecule has 1 amide bonds. The van der Waals surface area contributed by atoms with Crippen LogP contribution in [0.4, 0.5) is 20.5 Å². The van der Waals surface area contributed by atoms with E-state index in [2.05, 4.69) is 25.6 Å². The van der Waals surface area contributed by atoms with Gasteiger partial charge in [-0.15, -0.1) is 0 Å². The quantitative estimate of drug-likeness (QED) is 0.343. The summed E-state index contributed by atoms with van der Waals surface area (Å²) < 4.78 is 27.7. The second kappa shape index (κ2) is 9.91. The zero-order valence-corrected chi connectivity index (χ0v) is 21.3. The molecule has 0 aromatic carbocycles. The molecule has 4 aromatic heterocycles. The van der Waals surface area contributed by atoms with E-state index in [4.69, 9.17) is 9.97 Å². The number of aromatic nitrogens is 6. The Morgan fingerprint density at radius 2 is 1.92 bits per heavy atom. The van der Waals surface area contributed by atoms with Gasteiger partial charge in [0, 0.05) is 44.9 Å². The molecule has 0 bridgehead atoms. The van der Waals surface area contributed by atoms with Crippen LogP contribution >= 0.6 is 0 Å². The van der Waals surface area contributed by atoms with E-state index in [9.17, 15) is 13.6 Å². The Morgan fingerprint density at radius 3 is 2.59 bits per heavy atom. The molecule has 0 unspecified atom stereocenters. The largest absolute Gasteiger partial charge is 0.372 e. The highest BCUT2D eigenvalue weighted by Gasteiger charge is 2.28. The van der Waals surface area contributed by atoms with E-state index in [1.165, 1.54) is 4.57 Å². The number of pyridine rings is 1. The molecular weight excluding hydrogens is 480 g/mol. The minimum absolute atomic E-state index is 0.0703. The summed E-state index contributed by atoms with van der Waals surface area (Å²) in [5.74, 6) is 1.88. The Labute approximate surface area is 212 Å². The molecule has 0 spiro atoms. The number of hydrogen-bond acceptors (Lipinski definition) is 7. The topological polar surface area (TPSA) is 117 Å². The Morgan fingerprint density at radius 1 is 1.16 bits per heavy atom. The van der Waals surface area contributed by atoms with Crippen LogP contribution < -0.4 is 10.6 Å². The van der Waals surface area contributed by atoms with Gasteiger partial charge in [0.1, 0.15) is 22.8 Å². The van der Waals surface area contributed by atoms with Crippen molar-refractivity contribution in [2.75, 3.05) is 31.8 Å². The number of carbonyl (C=O) groups excluding carboxylic acids is 1. The van der Waals surface area contributed by atoms with Gasteiger partial charge in [0.05, 0.1) is 17.6 Å². The van der Waals surface area contributed by atoms with Crippen LogP contribution in [0.2, 0.25) is 0 Å². The third-order valence-electron chi connectivity index (χ3n) is 7.00. The fraction of sp³-hybridized carbons (Fsp3) is 0.480. The maximum absolute atomic E-state index is 13.2. The van der Waals surface area contributed by atoms with Crippen molar-refractivity contribution in [2.24, 2.45) is 5.92 Å². The number of fused-ring (bicyclic) bond motifs is 2. The molecule has 0 saturated heterocycles. The van der Waals surface area contributed by atoms with E-state index < -0.39 is 13.0 Å². The van der Waals surface area contributed by atoms with E-state index >= 15 is 0 Å². The van der Waals surface area contributed by atoms with Crippen molar-refractivity contribution >= 4 is 39.9 Å². The molecule has 37 heavy (non-hydrogen) atoms. The molecule has 1 aliphatic rings. The van der Waals surface area contributed by atoms with Crippen molar-refractivity contribution < 1.29 is 13.6 Å². The second-order valence-electron chi connectivity index (χ2n) is 9.70. The lowest BCUT2D eigenvalue weighted by molar-refractivity contribution is -0.133. The number of imidazole rings is 1. The molecule has 3 N–H and O–H groups in total. The number of alkyl halides is 2. The van der Waals surface area contributed by atoms with E-state index in [1.807, 2.05) is 6.07 Å². The summed E-state index contributed by atoms with van der Waals surface area (Å²) in [6.07, 6.45) is 2.69. The van der Waals surface area contributed by atoms with Crippen LogP contribution in [0.1, 0.15) is 31.5 Å². The zero-order chi connectivity index (χ0) is 26.3. The van der Waals surface area contributed by atoms with E-state index in [-0.39, 0.29) is 17.9 Å². The first-order valence-corrected chi connectivity index (χ1v) is 12.4. The zero-order valence-electron chi connectivity index (χ0n) is 21.3. The standard InChI is InChI=1S/C25H31F2N9O/c1-13-30-18-10-9-17(32-23(18)36(13)12-19(26)27)16-11-29-22-20(16)21(28-2)33-25(34-22)31-15-7-5-14(6-8-15)24(37)35(3)4/h9-11,14-15,19H,5-8,12H2,1-4H3,(H3,28,29,31,33,34)/t14-,15-. The van der Waals surface area contributed by atoms with Gasteiger partial charge in [-0.1, -0.05) is 0 Å². The average Bonchev–Trinajstić information content (AvgIpc) is 3.43. The molecule has 10 nitrogen and oxygen atoms in total. The fourth-order valence-corrected chi connectivity index (χ4v) is 5.13. The summed E-state index contributed by atoms with van der Waals surface area (Å²) in [5.41, 5.74) is 2.99. The number of anilines is 2. The van der Waals surface area contributed by atoms with Gasteiger partial charge in [-0.3, -0.25) is 4.79 Å². The summed E-state index contributed by atoms with van der Waals surface area (Å²) in [6.45, 7) is 1.24. The van der Waals surface area contributed by atoms with Crippen molar-refractivity contribution in [3.63, 3.8) is 0 Å². The van der Waals surface area contributed by atoms with Gasteiger partial charge in [-0.05, 0) is 44.7 Å². The summed E-state index contributed by atoms with van der Waals surface area (Å²) >= 11 is 0. The first-order valence-electron chi connectivity index (χ1n) is 12.4. The van der Waals surface area contributed by atoms with Crippen molar-refractivity contribution in [1.29, 1.82) is 0 Å². The fourth-order valence-electron chi connectivity index (χ4n) is 5.13. The number of nitrogens with zero attached hydrogens (tertiary/aromatic N) is 6. The molecular formula is C25H31F2N9O. The number of aromatic amines is 1. The van der Waals surface area contributed by atoms with Gasteiger partial charge in [0.15, 0.2) is 5.65 Å². The van der Waals surface area contributed by atoms with Gasteiger partial charge in [0.2, 0.25) is 11.9 Å². The van der Waals surface area contributed by atoms with Crippen LogP contribution in [-0.4, -0.2) is 73.9 Å². The first-order chi connectivity index (χ1) is 17.7. The number of amides is 1. The van der Waals surface area contributed by atoms with Gasteiger partial charge in [-0.2, -0.15) is 9.97 Å². The normalized spacial score (nSPS) is 18.0. The van der Waals surface area contributed by atoms with E-state index in [0.717, 1.165) is 36.6 Å². The van der Waals surface area contributed by atoms with Crippen molar-refractivity contribution in [3.8, 4) is 11.3 Å². The second-order valence-corrected chi connectivity index (χ2v) is 9.70. The monoisotopic (exact) mass is 511 g/mol. The van der Waals surface area contributed by atoms with E-state index in [0.29, 0.717) is 40.1 Å². The Bertz CT molecular complexity index is 1440. The van der Waals surface area contributed by atoms with Crippen molar-refractivity contribution in [2.45, 2.75) is 51.6 Å². The third kappa shape index (κ3) is 4.79. The Kier molecular flexibility index (Phi) is 6.65. The van der Waals surface area contributed by atoms with Gasteiger partial charge >= 0.3 is 0 Å². The minimum Gasteiger partial charge on any atom is -0.372 e. The SMILES string of the molecule is CNc1nc(N[C@H]2CC[C@H](C(=O)N(C)C)CC2)nc2[nH]cc(-c3ccc4nc(C)n(CC(F)F)c4n3)c12. The Balaban J connectivity index is 1.42. The van der Waals surface area contributed by atoms with Gasteiger partial charge in [-0.25, -0.2) is 18.7 Å². The van der Waals surface area contributed by atoms with E-state index in [1.54, 1.807) is 45.2 Å². The molecule has 12 heteroatoms. The molecule has 1 saturated carbocycles. The number of H-pyrrole nitrogens is 1. The molecule has 0 atom stereocenters. The average molecular weight is 512 g/mol. The number of carbonyl (C=O) groups is 1. The smallest absolute Gasteiger partial charge is 0.256 e. The molecule has 1 fully saturated rings. The first kappa shape index (κ1) is 24.8. The summed E-state index contributed by atoms with van der Waals surface area (Å²) in [4.78, 5) is 35.6. The van der Waals surface area contributed by atoms with Crippen molar-refractivity contribution in [1.82, 2.24) is 34.4 Å². The molecule has 0 radical (unpaired) electrons. The lowest BCUT2D eigenvalue weighted by atomic mass is 9.85. The number of hydrogen-bond donors (Lipinski definition) is 3. The van der Waals surface area contributed by atoms with Crippen LogP contribution in [0.15, 0.2) is 18.3 Å². The summed E-state index contributed by atoms with van der Waals surface area (Å²) in [5, 5.41) is 7.34. The maximum Gasteiger partial charge on any atom is 0.256 e. The van der Waals surface area contributed by atoms with Crippen LogP contribution in [0.3, 0.4) is 0 Å². The molecule has 4 heterocycles. The van der Waals surface area contributed by atoms with Crippen LogP contribution in [0, 0.1) is 12.8 Å². The molecule has 1 aliphatic carbocycles. The van der Waals surface area contributed by atoms with Crippen LogP contribution in [0.25, 0.3) is 33.5 Å². The number of nitrogens with one attached hydrogen (secondary N) is 3. The highest BCUT2D eigenvalue weighted by atomic mass is 19.3.